The quantitative estimate of drug-likeness (QED) is 0.812. The molecule has 3 aliphatic heterocycles. The molecule has 6 nitrogen and oxygen atoms in total. The second-order valence-electron chi connectivity index (χ2n) is 7.90. The molecule has 27 heavy (non-hydrogen) atoms. The number of hydrogen-bond acceptors (Lipinski definition) is 4. The van der Waals surface area contributed by atoms with E-state index in [0.717, 1.165) is 24.8 Å². The van der Waals surface area contributed by atoms with Crippen molar-refractivity contribution in [1.82, 2.24) is 9.80 Å². The Morgan fingerprint density at radius 3 is 2.63 bits per heavy atom. The van der Waals surface area contributed by atoms with Gasteiger partial charge in [-0.2, -0.15) is 0 Å². The van der Waals surface area contributed by atoms with Crippen molar-refractivity contribution in [3.63, 3.8) is 0 Å². The number of carbonyl (C=O) groups excluding carboxylic acids is 2. The number of likely N-dealkylation sites (tertiary alicyclic amines) is 1. The second-order valence-corrected chi connectivity index (χ2v) is 7.90. The van der Waals surface area contributed by atoms with Crippen molar-refractivity contribution in [2.75, 3.05) is 39.5 Å². The molecule has 1 spiro atoms. The summed E-state index contributed by atoms with van der Waals surface area (Å²) in [5, 5.41) is 0. The van der Waals surface area contributed by atoms with Gasteiger partial charge in [0, 0.05) is 26.2 Å². The molecule has 4 rings (SSSR count). The molecule has 6 heteroatoms. The maximum Gasteiger partial charge on any atom is 0.228 e. The highest BCUT2D eigenvalue weighted by atomic mass is 16.5. The van der Waals surface area contributed by atoms with Gasteiger partial charge in [0.05, 0.1) is 37.7 Å². The largest absolute Gasteiger partial charge is 0.381 e. The maximum absolute atomic E-state index is 12.6. The van der Waals surface area contributed by atoms with Crippen molar-refractivity contribution in [2.24, 2.45) is 5.92 Å². The first-order valence-corrected chi connectivity index (χ1v) is 9.97. The zero-order valence-corrected chi connectivity index (χ0v) is 15.8. The summed E-state index contributed by atoms with van der Waals surface area (Å²) in [6, 6.07) is 10.1. The van der Waals surface area contributed by atoms with Crippen LogP contribution in [0.4, 0.5) is 0 Å². The van der Waals surface area contributed by atoms with Gasteiger partial charge in [0.1, 0.15) is 0 Å². The number of amides is 2. The van der Waals surface area contributed by atoms with Crippen LogP contribution in [0.2, 0.25) is 0 Å². The third-order valence-corrected chi connectivity index (χ3v) is 6.04. The van der Waals surface area contributed by atoms with Gasteiger partial charge in [0.2, 0.25) is 11.8 Å². The fraction of sp³-hybridized carbons (Fsp3) is 0.619. The molecule has 3 saturated heterocycles. The van der Waals surface area contributed by atoms with Crippen LogP contribution in [0, 0.1) is 5.92 Å². The van der Waals surface area contributed by atoms with Crippen molar-refractivity contribution in [1.29, 1.82) is 0 Å². The minimum Gasteiger partial charge on any atom is -0.381 e. The van der Waals surface area contributed by atoms with Crippen molar-refractivity contribution in [2.45, 2.75) is 37.8 Å². The van der Waals surface area contributed by atoms with Crippen LogP contribution >= 0.6 is 0 Å². The average molecular weight is 372 g/mol. The van der Waals surface area contributed by atoms with E-state index in [9.17, 15) is 9.59 Å². The Balaban J connectivity index is 1.40. The van der Waals surface area contributed by atoms with Gasteiger partial charge in [-0.15, -0.1) is 0 Å². The summed E-state index contributed by atoms with van der Waals surface area (Å²) in [4.78, 5) is 29.1. The van der Waals surface area contributed by atoms with Crippen LogP contribution < -0.4 is 0 Å². The normalized spacial score (nSPS) is 25.6. The SMILES string of the molecule is O=C1CCOC2(CCN(C(=O)C3CCOC3)CC2)CN1Cc1ccccc1. The van der Waals surface area contributed by atoms with Crippen molar-refractivity contribution >= 4 is 11.8 Å². The highest BCUT2D eigenvalue weighted by molar-refractivity contribution is 5.79. The fourth-order valence-corrected chi connectivity index (χ4v) is 4.37. The van der Waals surface area contributed by atoms with Crippen LogP contribution in [-0.4, -0.2) is 66.7 Å². The van der Waals surface area contributed by atoms with Crippen LogP contribution in [0.5, 0.6) is 0 Å². The summed E-state index contributed by atoms with van der Waals surface area (Å²) < 4.78 is 11.6. The topological polar surface area (TPSA) is 59.1 Å². The minimum atomic E-state index is -0.329. The molecule has 0 aliphatic carbocycles. The Bertz CT molecular complexity index is 664. The zero-order valence-electron chi connectivity index (χ0n) is 15.8. The highest BCUT2D eigenvalue weighted by Gasteiger charge is 2.42. The Hall–Kier alpha value is -1.92. The second kappa shape index (κ2) is 7.98. The molecule has 146 valence electrons. The summed E-state index contributed by atoms with van der Waals surface area (Å²) in [5.41, 5.74) is 0.806. The highest BCUT2D eigenvalue weighted by Crippen LogP contribution is 2.32. The number of piperidine rings is 1. The summed E-state index contributed by atoms with van der Waals surface area (Å²) in [6.45, 7) is 4.33. The van der Waals surface area contributed by atoms with Crippen LogP contribution in [0.1, 0.15) is 31.2 Å². The third kappa shape index (κ3) is 4.17. The third-order valence-electron chi connectivity index (χ3n) is 6.04. The molecule has 2 amide bonds. The summed E-state index contributed by atoms with van der Waals surface area (Å²) in [6.07, 6.45) is 2.82. The predicted octanol–water partition coefficient (Wildman–Crippen LogP) is 1.83. The summed E-state index contributed by atoms with van der Waals surface area (Å²) >= 11 is 0. The van der Waals surface area contributed by atoms with E-state index < -0.39 is 0 Å². The van der Waals surface area contributed by atoms with E-state index >= 15 is 0 Å². The molecule has 1 aromatic rings. The molecule has 0 radical (unpaired) electrons. The Labute approximate surface area is 160 Å². The number of rotatable bonds is 3. The van der Waals surface area contributed by atoms with Gasteiger partial charge in [-0.3, -0.25) is 9.59 Å². The lowest BCUT2D eigenvalue weighted by Gasteiger charge is -2.43. The number of ether oxygens (including phenoxy) is 2. The van der Waals surface area contributed by atoms with Crippen LogP contribution in [0.3, 0.4) is 0 Å². The van der Waals surface area contributed by atoms with Crippen LogP contribution in [0.15, 0.2) is 30.3 Å². The van der Waals surface area contributed by atoms with E-state index in [0.29, 0.717) is 52.4 Å². The van der Waals surface area contributed by atoms with Gasteiger partial charge in [0.15, 0.2) is 0 Å². The molecule has 1 atom stereocenters. The fourth-order valence-electron chi connectivity index (χ4n) is 4.37. The molecule has 0 N–H and O–H groups in total. The summed E-state index contributed by atoms with van der Waals surface area (Å²) in [5.74, 6) is 0.385. The number of carbonyl (C=O) groups is 2. The molecule has 3 fully saturated rings. The van der Waals surface area contributed by atoms with E-state index in [-0.39, 0.29) is 23.3 Å². The van der Waals surface area contributed by atoms with Gasteiger partial charge in [0.25, 0.3) is 0 Å². The van der Waals surface area contributed by atoms with Crippen LogP contribution in [0.25, 0.3) is 0 Å². The smallest absolute Gasteiger partial charge is 0.228 e. The molecule has 1 unspecified atom stereocenters. The molecule has 1 aromatic carbocycles. The molecular formula is C21H28N2O4. The Morgan fingerprint density at radius 2 is 1.93 bits per heavy atom. The van der Waals surface area contributed by atoms with Crippen LogP contribution in [-0.2, 0) is 25.6 Å². The lowest BCUT2D eigenvalue weighted by atomic mass is 9.89. The van der Waals surface area contributed by atoms with Gasteiger partial charge in [-0.25, -0.2) is 0 Å². The molecule has 3 heterocycles. The predicted molar refractivity (Wildman–Crippen MR) is 99.9 cm³/mol. The van der Waals surface area contributed by atoms with Gasteiger partial charge in [-0.05, 0) is 24.8 Å². The molecule has 0 saturated carbocycles. The van der Waals surface area contributed by atoms with E-state index in [1.165, 1.54) is 0 Å². The van der Waals surface area contributed by atoms with E-state index in [2.05, 4.69) is 12.1 Å². The van der Waals surface area contributed by atoms with Crippen molar-refractivity contribution in [3.05, 3.63) is 35.9 Å². The first-order valence-electron chi connectivity index (χ1n) is 9.97. The number of hydrogen-bond donors (Lipinski definition) is 0. The van der Waals surface area contributed by atoms with Gasteiger partial charge in [-0.1, -0.05) is 30.3 Å². The van der Waals surface area contributed by atoms with E-state index in [1.54, 1.807) is 0 Å². The van der Waals surface area contributed by atoms with E-state index in [1.807, 2.05) is 28.0 Å². The Morgan fingerprint density at radius 1 is 1.15 bits per heavy atom. The van der Waals surface area contributed by atoms with Crippen molar-refractivity contribution < 1.29 is 19.1 Å². The van der Waals surface area contributed by atoms with Crippen molar-refractivity contribution in [3.8, 4) is 0 Å². The lowest BCUT2D eigenvalue weighted by Crippen LogP contribution is -2.53. The number of benzene rings is 1. The average Bonchev–Trinajstić information content (AvgIpc) is 3.18. The summed E-state index contributed by atoms with van der Waals surface area (Å²) in [7, 11) is 0. The monoisotopic (exact) mass is 372 g/mol. The molecule has 3 aliphatic rings. The zero-order chi connectivity index (χ0) is 18.7. The first kappa shape index (κ1) is 18.4. The Kier molecular flexibility index (Phi) is 5.45. The number of nitrogens with zero attached hydrogens (tertiary/aromatic N) is 2. The minimum absolute atomic E-state index is 0.0188. The lowest BCUT2D eigenvalue weighted by molar-refractivity contribution is -0.143. The standard InChI is InChI=1S/C21H28N2O4/c24-19-7-13-27-21(16-23(19)14-17-4-2-1-3-5-17)8-10-22(11-9-21)20(25)18-6-12-26-15-18/h1-5,18H,6-16H2. The van der Waals surface area contributed by atoms with Gasteiger partial charge < -0.3 is 19.3 Å². The van der Waals surface area contributed by atoms with Gasteiger partial charge >= 0.3 is 0 Å². The molecule has 0 bridgehead atoms. The molecular weight excluding hydrogens is 344 g/mol. The van der Waals surface area contributed by atoms with E-state index in [4.69, 9.17) is 9.47 Å². The molecule has 0 aromatic heterocycles. The first-order chi connectivity index (χ1) is 13.2. The maximum atomic E-state index is 12.6.